The van der Waals surface area contributed by atoms with Crippen molar-refractivity contribution in [1.82, 2.24) is 0 Å². The van der Waals surface area contributed by atoms with Gasteiger partial charge in [-0.3, -0.25) is 9.59 Å². The molecule has 0 aliphatic rings. The molecular formula is C8H17NO3. The molecule has 4 heteroatoms. The van der Waals surface area contributed by atoms with Crippen molar-refractivity contribution in [1.29, 1.82) is 0 Å². The molecule has 0 rings (SSSR count). The van der Waals surface area contributed by atoms with Crippen molar-refractivity contribution in [2.45, 2.75) is 26.7 Å². The van der Waals surface area contributed by atoms with Crippen LogP contribution in [0.15, 0.2) is 0 Å². The topological polar surface area (TPSA) is 69.4 Å². The standard InChI is InChI=1S/C4H9NO.C4H8O2/c1-2-4(6)3-5;1-3-4(5)6-2/h2-3,5H2,1H3;3H2,1-2H3. The van der Waals surface area contributed by atoms with Gasteiger partial charge in [0.2, 0.25) is 0 Å². The highest BCUT2D eigenvalue weighted by atomic mass is 16.5. The lowest BCUT2D eigenvalue weighted by atomic mass is 10.3. The van der Waals surface area contributed by atoms with Gasteiger partial charge in [-0.25, -0.2) is 0 Å². The smallest absolute Gasteiger partial charge is 0.305 e. The average Bonchev–Trinajstić information content (AvgIpc) is 2.16. The van der Waals surface area contributed by atoms with E-state index in [0.717, 1.165) is 0 Å². The zero-order valence-corrected chi connectivity index (χ0v) is 7.92. The van der Waals surface area contributed by atoms with Crippen LogP contribution in [0.1, 0.15) is 26.7 Å². The van der Waals surface area contributed by atoms with Gasteiger partial charge >= 0.3 is 5.97 Å². The summed E-state index contributed by atoms with van der Waals surface area (Å²) in [4.78, 5) is 20.0. The second-order valence-electron chi connectivity index (χ2n) is 2.03. The number of hydrogen-bond donors (Lipinski definition) is 1. The highest BCUT2D eigenvalue weighted by Crippen LogP contribution is 1.76. The summed E-state index contributed by atoms with van der Waals surface area (Å²) in [7, 11) is 1.38. The van der Waals surface area contributed by atoms with E-state index in [1.807, 2.05) is 0 Å². The largest absolute Gasteiger partial charge is 0.469 e. The van der Waals surface area contributed by atoms with Crippen LogP contribution < -0.4 is 5.73 Å². The van der Waals surface area contributed by atoms with E-state index in [0.29, 0.717) is 12.8 Å². The molecule has 0 saturated heterocycles. The maximum absolute atomic E-state index is 10.1. The van der Waals surface area contributed by atoms with Crippen LogP contribution in [0.3, 0.4) is 0 Å². The van der Waals surface area contributed by atoms with Gasteiger partial charge in [0.15, 0.2) is 0 Å². The first-order valence-electron chi connectivity index (χ1n) is 3.90. The number of esters is 1. The summed E-state index contributed by atoms with van der Waals surface area (Å²) in [5.41, 5.74) is 4.93. The van der Waals surface area contributed by atoms with E-state index in [-0.39, 0.29) is 18.3 Å². The van der Waals surface area contributed by atoms with Crippen LogP contribution in [0.2, 0.25) is 0 Å². The van der Waals surface area contributed by atoms with Gasteiger partial charge < -0.3 is 10.5 Å². The van der Waals surface area contributed by atoms with Crippen LogP contribution in [-0.4, -0.2) is 25.4 Å². The molecule has 0 radical (unpaired) electrons. The number of ether oxygens (including phenoxy) is 1. The quantitative estimate of drug-likeness (QED) is 0.634. The second-order valence-corrected chi connectivity index (χ2v) is 2.03. The van der Waals surface area contributed by atoms with E-state index in [1.54, 1.807) is 13.8 Å². The summed E-state index contributed by atoms with van der Waals surface area (Å²) in [6.45, 7) is 3.75. The fourth-order valence-corrected chi connectivity index (χ4v) is 0.289. The normalized spacial score (nSPS) is 8.00. The predicted octanol–water partition coefficient (Wildman–Crippen LogP) is 0.494. The number of carbonyl (C=O) groups is 2. The van der Waals surface area contributed by atoms with Crippen LogP contribution in [0.25, 0.3) is 0 Å². The number of hydrogen-bond acceptors (Lipinski definition) is 4. The average molecular weight is 175 g/mol. The van der Waals surface area contributed by atoms with E-state index in [9.17, 15) is 9.59 Å². The lowest BCUT2D eigenvalue weighted by Crippen LogP contribution is -2.11. The molecule has 0 aliphatic carbocycles. The van der Waals surface area contributed by atoms with Crippen molar-refractivity contribution in [3.05, 3.63) is 0 Å². The first kappa shape index (κ1) is 13.7. The summed E-state index contributed by atoms with van der Waals surface area (Å²) >= 11 is 0. The van der Waals surface area contributed by atoms with Gasteiger partial charge in [-0.05, 0) is 0 Å². The molecule has 2 N–H and O–H groups in total. The molecule has 0 aliphatic heterocycles. The summed E-state index contributed by atoms with van der Waals surface area (Å²) in [6, 6.07) is 0. The van der Waals surface area contributed by atoms with Crippen LogP contribution in [-0.2, 0) is 14.3 Å². The molecule has 0 unspecified atom stereocenters. The molecular weight excluding hydrogens is 158 g/mol. The molecule has 12 heavy (non-hydrogen) atoms. The Morgan fingerprint density at radius 3 is 1.75 bits per heavy atom. The molecule has 0 fully saturated rings. The summed E-state index contributed by atoms with van der Waals surface area (Å²) in [6.07, 6.45) is 1.03. The molecule has 0 aromatic rings. The Hall–Kier alpha value is -0.900. The minimum absolute atomic E-state index is 0.120. The van der Waals surface area contributed by atoms with E-state index < -0.39 is 0 Å². The fourth-order valence-electron chi connectivity index (χ4n) is 0.289. The fraction of sp³-hybridized carbons (Fsp3) is 0.750. The van der Waals surface area contributed by atoms with E-state index >= 15 is 0 Å². The molecule has 0 aromatic carbocycles. The first-order chi connectivity index (χ1) is 5.62. The highest BCUT2D eigenvalue weighted by molar-refractivity contribution is 5.79. The summed E-state index contributed by atoms with van der Waals surface area (Å²) in [5, 5.41) is 0. The Morgan fingerprint density at radius 2 is 1.75 bits per heavy atom. The number of ketones is 1. The zero-order valence-electron chi connectivity index (χ0n) is 7.92. The Bertz CT molecular complexity index is 106. The molecule has 0 bridgehead atoms. The van der Waals surface area contributed by atoms with Gasteiger partial charge in [0, 0.05) is 12.8 Å². The van der Waals surface area contributed by atoms with Gasteiger partial charge in [-0.15, -0.1) is 0 Å². The van der Waals surface area contributed by atoms with E-state index in [2.05, 4.69) is 4.74 Å². The number of Topliss-reactive ketones (excluding diaryl/α,β-unsaturated/α-hetero) is 1. The lowest BCUT2D eigenvalue weighted by Gasteiger charge is -1.87. The van der Waals surface area contributed by atoms with Crippen molar-refractivity contribution in [3.8, 4) is 0 Å². The third-order valence-electron chi connectivity index (χ3n) is 1.14. The van der Waals surface area contributed by atoms with E-state index in [1.165, 1.54) is 7.11 Å². The van der Waals surface area contributed by atoms with Gasteiger partial charge in [0.1, 0.15) is 5.78 Å². The maximum atomic E-state index is 10.1. The number of methoxy groups -OCH3 is 1. The number of carbonyl (C=O) groups excluding carboxylic acids is 2. The Labute approximate surface area is 73.1 Å². The van der Waals surface area contributed by atoms with E-state index in [4.69, 9.17) is 5.73 Å². The van der Waals surface area contributed by atoms with Crippen LogP contribution in [0.5, 0.6) is 0 Å². The molecule has 4 nitrogen and oxygen atoms in total. The molecule has 0 spiro atoms. The van der Waals surface area contributed by atoms with Crippen LogP contribution in [0, 0.1) is 0 Å². The van der Waals surface area contributed by atoms with Crippen molar-refractivity contribution in [2.24, 2.45) is 5.73 Å². The molecule has 0 amide bonds. The van der Waals surface area contributed by atoms with Gasteiger partial charge in [-0.2, -0.15) is 0 Å². The molecule has 0 aromatic heterocycles. The third-order valence-corrected chi connectivity index (χ3v) is 1.14. The summed E-state index contributed by atoms with van der Waals surface area (Å²) < 4.78 is 4.26. The molecule has 72 valence electrons. The Morgan fingerprint density at radius 1 is 1.25 bits per heavy atom. The summed E-state index contributed by atoms with van der Waals surface area (Å²) in [5.74, 6) is -0.0370. The second kappa shape index (κ2) is 10.1. The monoisotopic (exact) mass is 175 g/mol. The highest BCUT2D eigenvalue weighted by Gasteiger charge is 1.87. The number of rotatable bonds is 3. The minimum Gasteiger partial charge on any atom is -0.469 e. The van der Waals surface area contributed by atoms with Gasteiger partial charge in [0.25, 0.3) is 0 Å². The van der Waals surface area contributed by atoms with Crippen molar-refractivity contribution in [3.63, 3.8) is 0 Å². The third kappa shape index (κ3) is 11.8. The molecule has 0 atom stereocenters. The minimum atomic E-state index is -0.157. The Kier molecular flexibility index (Phi) is 11.5. The predicted molar refractivity (Wildman–Crippen MR) is 46.7 cm³/mol. The van der Waals surface area contributed by atoms with Crippen molar-refractivity contribution < 1.29 is 14.3 Å². The van der Waals surface area contributed by atoms with Gasteiger partial charge in [-0.1, -0.05) is 13.8 Å². The van der Waals surface area contributed by atoms with Crippen LogP contribution in [0.4, 0.5) is 0 Å². The number of nitrogens with two attached hydrogens (primary N) is 1. The van der Waals surface area contributed by atoms with Gasteiger partial charge in [0.05, 0.1) is 13.7 Å². The lowest BCUT2D eigenvalue weighted by molar-refractivity contribution is -0.140. The molecule has 0 saturated carbocycles. The first-order valence-corrected chi connectivity index (χ1v) is 3.90. The van der Waals surface area contributed by atoms with Crippen molar-refractivity contribution >= 4 is 11.8 Å². The Balaban J connectivity index is 0. The molecule has 0 heterocycles. The van der Waals surface area contributed by atoms with Crippen LogP contribution >= 0.6 is 0 Å². The zero-order chi connectivity index (χ0) is 9.98. The SMILES string of the molecule is CCC(=O)CN.CCC(=O)OC. The van der Waals surface area contributed by atoms with Crippen molar-refractivity contribution in [2.75, 3.05) is 13.7 Å². The maximum Gasteiger partial charge on any atom is 0.305 e.